The van der Waals surface area contributed by atoms with Crippen molar-refractivity contribution in [3.05, 3.63) is 68.4 Å². The first-order valence-electron chi connectivity index (χ1n) is 8.80. The number of hydrogen-bond donors (Lipinski definition) is 3. The van der Waals surface area contributed by atoms with E-state index in [4.69, 9.17) is 28.9 Å². The fourth-order valence-electron chi connectivity index (χ4n) is 2.93. The van der Waals surface area contributed by atoms with Crippen molar-refractivity contribution in [1.29, 1.82) is 0 Å². The van der Waals surface area contributed by atoms with E-state index < -0.39 is 10.9 Å². The highest BCUT2D eigenvalue weighted by Gasteiger charge is 2.16. The van der Waals surface area contributed by atoms with Crippen LogP contribution in [0.4, 0.5) is 17.3 Å². The molecule has 0 radical (unpaired) electrons. The Bertz CT molecular complexity index is 1120. The van der Waals surface area contributed by atoms with Crippen molar-refractivity contribution in [1.82, 2.24) is 9.55 Å². The second-order valence-corrected chi connectivity index (χ2v) is 7.22. The van der Waals surface area contributed by atoms with Gasteiger partial charge in [0.05, 0.1) is 4.92 Å². The van der Waals surface area contributed by atoms with Crippen molar-refractivity contribution in [3.63, 3.8) is 0 Å². The summed E-state index contributed by atoms with van der Waals surface area (Å²) in [5, 5.41) is 24.2. The van der Waals surface area contributed by atoms with Crippen molar-refractivity contribution < 1.29 is 14.8 Å². The van der Waals surface area contributed by atoms with Gasteiger partial charge in [-0.25, -0.2) is 9.78 Å². The summed E-state index contributed by atoms with van der Waals surface area (Å²) in [6.07, 6.45) is 2.29. The number of nitrogens with zero attached hydrogens (tertiary/aromatic N) is 3. The Labute approximate surface area is 181 Å². The lowest BCUT2D eigenvalue weighted by Gasteiger charge is -2.08. The molecule has 0 aliphatic rings. The van der Waals surface area contributed by atoms with Crippen molar-refractivity contribution in [2.45, 2.75) is 13.0 Å². The predicted octanol–water partition coefficient (Wildman–Crippen LogP) is 4.55. The number of nitrogen functional groups attached to an aromatic ring is 1. The summed E-state index contributed by atoms with van der Waals surface area (Å²) >= 11 is 12.2. The van der Waals surface area contributed by atoms with E-state index in [9.17, 15) is 20.0 Å². The summed E-state index contributed by atoms with van der Waals surface area (Å²) in [6.45, 7) is 0.876. The van der Waals surface area contributed by atoms with Crippen molar-refractivity contribution in [3.8, 4) is 11.1 Å². The Hall–Kier alpha value is -3.30. The molecule has 156 valence electrons. The molecule has 2 heterocycles. The molecule has 4 N–H and O–H groups in total. The zero-order valence-corrected chi connectivity index (χ0v) is 17.0. The van der Waals surface area contributed by atoms with Crippen LogP contribution in [0.3, 0.4) is 0 Å². The first kappa shape index (κ1) is 21.4. The number of carboxylic acid groups (broad SMARTS) is 1. The van der Waals surface area contributed by atoms with Crippen LogP contribution in [0.25, 0.3) is 11.1 Å². The molecule has 9 nitrogen and oxygen atoms in total. The minimum atomic E-state index is -1.05. The number of hydrogen-bond acceptors (Lipinski definition) is 6. The van der Waals surface area contributed by atoms with Gasteiger partial charge in [0.25, 0.3) is 0 Å². The number of carboxylic acids is 1. The molecule has 0 saturated carbocycles. The number of carbonyl (C=O) groups is 1. The first-order chi connectivity index (χ1) is 14.3. The van der Waals surface area contributed by atoms with E-state index in [1.165, 1.54) is 12.1 Å². The summed E-state index contributed by atoms with van der Waals surface area (Å²) in [5.41, 5.74) is 6.80. The second kappa shape index (κ2) is 9.02. The molecule has 0 saturated heterocycles. The van der Waals surface area contributed by atoms with Gasteiger partial charge in [0.1, 0.15) is 11.5 Å². The molecule has 0 amide bonds. The van der Waals surface area contributed by atoms with E-state index >= 15 is 0 Å². The average Bonchev–Trinajstić information content (AvgIpc) is 3.09. The molecule has 0 spiro atoms. The van der Waals surface area contributed by atoms with Crippen molar-refractivity contribution in [2.75, 3.05) is 17.6 Å². The summed E-state index contributed by atoms with van der Waals surface area (Å²) in [7, 11) is 0. The van der Waals surface area contributed by atoms with Gasteiger partial charge >= 0.3 is 11.7 Å². The van der Waals surface area contributed by atoms with Crippen LogP contribution in [0.1, 0.15) is 16.9 Å². The Morgan fingerprint density at radius 2 is 2.03 bits per heavy atom. The number of anilines is 2. The number of benzene rings is 1. The van der Waals surface area contributed by atoms with Crippen LogP contribution in [0.5, 0.6) is 0 Å². The first-order valence-corrected chi connectivity index (χ1v) is 9.55. The maximum atomic E-state index is 11.6. The second-order valence-electron chi connectivity index (χ2n) is 6.38. The SMILES string of the molecule is Nc1nc(NCCCn2cc(-c3ccc(Cl)cc3Cl)cc2C(=O)O)ccc1[N+](=O)[O-]. The lowest BCUT2D eigenvalue weighted by atomic mass is 10.1. The zero-order valence-electron chi connectivity index (χ0n) is 15.5. The normalized spacial score (nSPS) is 10.7. The van der Waals surface area contributed by atoms with Gasteiger partial charge in [-0.1, -0.05) is 29.3 Å². The van der Waals surface area contributed by atoms with E-state index in [-0.39, 0.29) is 17.2 Å². The lowest BCUT2D eigenvalue weighted by Crippen LogP contribution is -2.12. The quantitative estimate of drug-likeness (QED) is 0.260. The Kier molecular flexibility index (Phi) is 6.43. The van der Waals surface area contributed by atoms with Crippen LogP contribution < -0.4 is 11.1 Å². The summed E-state index contributed by atoms with van der Waals surface area (Å²) in [5.74, 6) is -0.824. The van der Waals surface area contributed by atoms with E-state index in [0.29, 0.717) is 46.5 Å². The largest absolute Gasteiger partial charge is 0.477 e. The van der Waals surface area contributed by atoms with E-state index in [1.807, 2.05) is 0 Å². The molecule has 0 aliphatic carbocycles. The number of nitrogens with one attached hydrogen (secondary N) is 1. The molecule has 11 heteroatoms. The average molecular weight is 450 g/mol. The third-order valence-corrected chi connectivity index (χ3v) is 4.89. The maximum Gasteiger partial charge on any atom is 0.352 e. The molecule has 0 bridgehead atoms. The number of pyridine rings is 1. The molecule has 0 unspecified atom stereocenters. The standard InChI is InChI=1S/C19H17Cl2N5O4/c20-12-2-3-13(14(21)9-12)11-8-16(19(27)28)25(10-11)7-1-6-23-17-5-4-15(26(29)30)18(22)24-17/h2-5,8-10H,1,6-7H2,(H,27,28)(H3,22,23,24). The fraction of sp³-hybridized carbons (Fsp3) is 0.158. The summed E-state index contributed by atoms with van der Waals surface area (Å²) in [6, 6.07) is 9.33. The molecular weight excluding hydrogens is 433 g/mol. The highest BCUT2D eigenvalue weighted by Crippen LogP contribution is 2.31. The highest BCUT2D eigenvalue weighted by atomic mass is 35.5. The molecule has 2 aromatic heterocycles. The number of nitrogens with two attached hydrogens (primary N) is 1. The highest BCUT2D eigenvalue weighted by molar-refractivity contribution is 6.36. The molecule has 0 fully saturated rings. The van der Waals surface area contributed by atoms with Crippen LogP contribution in [0, 0.1) is 10.1 Å². The molecule has 3 aromatic rings. The minimum Gasteiger partial charge on any atom is -0.477 e. The van der Waals surface area contributed by atoms with Gasteiger partial charge in [-0.15, -0.1) is 0 Å². The number of aromatic nitrogens is 2. The Morgan fingerprint density at radius 3 is 2.67 bits per heavy atom. The molecule has 0 aliphatic heterocycles. The zero-order chi connectivity index (χ0) is 21.8. The van der Waals surface area contributed by atoms with E-state index in [0.717, 1.165) is 0 Å². The van der Waals surface area contributed by atoms with Gasteiger partial charge < -0.3 is 20.7 Å². The van der Waals surface area contributed by atoms with Crippen LogP contribution in [-0.2, 0) is 6.54 Å². The lowest BCUT2D eigenvalue weighted by molar-refractivity contribution is -0.384. The van der Waals surface area contributed by atoms with Crippen LogP contribution >= 0.6 is 23.2 Å². The van der Waals surface area contributed by atoms with Crippen molar-refractivity contribution >= 4 is 46.5 Å². The molecule has 0 atom stereocenters. The Balaban J connectivity index is 1.68. The topological polar surface area (TPSA) is 136 Å². The predicted molar refractivity (Wildman–Crippen MR) is 115 cm³/mol. The van der Waals surface area contributed by atoms with Gasteiger partial charge in [-0.05, 0) is 30.7 Å². The number of rotatable bonds is 8. The minimum absolute atomic E-state index is 0.133. The number of nitro groups is 1. The third kappa shape index (κ3) is 4.81. The van der Waals surface area contributed by atoms with Gasteiger partial charge in [-0.2, -0.15) is 0 Å². The fourth-order valence-corrected chi connectivity index (χ4v) is 3.45. The van der Waals surface area contributed by atoms with Gasteiger partial charge in [0.15, 0.2) is 0 Å². The summed E-state index contributed by atoms with van der Waals surface area (Å²) in [4.78, 5) is 25.7. The monoisotopic (exact) mass is 449 g/mol. The molecule has 1 aromatic carbocycles. The van der Waals surface area contributed by atoms with Gasteiger partial charge in [-0.3, -0.25) is 10.1 Å². The number of aromatic carboxylic acids is 1. The van der Waals surface area contributed by atoms with Crippen LogP contribution in [0.15, 0.2) is 42.6 Å². The maximum absolute atomic E-state index is 11.6. The molecule has 30 heavy (non-hydrogen) atoms. The van der Waals surface area contributed by atoms with E-state index in [1.54, 1.807) is 35.0 Å². The van der Waals surface area contributed by atoms with Crippen molar-refractivity contribution in [2.24, 2.45) is 0 Å². The van der Waals surface area contributed by atoms with Gasteiger partial charge in [0.2, 0.25) is 5.82 Å². The number of aryl methyl sites for hydroxylation is 1. The molecular formula is C19H17Cl2N5O4. The smallest absolute Gasteiger partial charge is 0.352 e. The molecule has 3 rings (SSSR count). The number of halogens is 2. The third-order valence-electron chi connectivity index (χ3n) is 4.34. The van der Waals surface area contributed by atoms with E-state index in [2.05, 4.69) is 10.3 Å². The van der Waals surface area contributed by atoms with Gasteiger partial charge in [0, 0.05) is 46.5 Å². The Morgan fingerprint density at radius 1 is 1.27 bits per heavy atom. The van der Waals surface area contributed by atoms with Crippen LogP contribution in [0.2, 0.25) is 10.0 Å². The summed E-state index contributed by atoms with van der Waals surface area (Å²) < 4.78 is 1.63. The van der Waals surface area contributed by atoms with Crippen LogP contribution in [-0.4, -0.2) is 32.1 Å².